The molecule has 6 nitrogen and oxygen atoms in total. The van der Waals surface area contributed by atoms with E-state index in [1.165, 1.54) is 4.68 Å². The van der Waals surface area contributed by atoms with Gasteiger partial charge in [-0.25, -0.2) is 9.16 Å². The summed E-state index contributed by atoms with van der Waals surface area (Å²) in [6.07, 6.45) is 0.696. The van der Waals surface area contributed by atoms with Gasteiger partial charge >= 0.3 is 6.09 Å². The zero-order chi connectivity index (χ0) is 18.4. The standard InChI is InChI=1S/C18H22ClN3O3/c1-18(2,3)22(17(24)25)10-6-7-12(22)11-21-16(23)14-9-5-4-8-13(14)15(19)20-21/h4-5,8-9,12H,6-7,10-11H2,1-3H3/p+1/t12-,22?/m1/s1. The SMILES string of the molecule is CC(C)(C)[N+]1(C(=O)O)CCC[C@@H]1Cn1nc(Cl)c2ccccc2c1=O. The Balaban J connectivity index is 2.08. The van der Waals surface area contributed by atoms with Gasteiger partial charge in [-0.15, -0.1) is 0 Å². The number of nitrogens with zero attached hydrogens (tertiary/aromatic N) is 3. The average molecular weight is 365 g/mol. The van der Waals surface area contributed by atoms with Crippen molar-refractivity contribution in [2.45, 2.75) is 51.7 Å². The Labute approximate surface area is 151 Å². The number of carboxylic acid groups (broad SMARTS) is 1. The van der Waals surface area contributed by atoms with Crippen molar-refractivity contribution in [3.05, 3.63) is 39.8 Å². The molecule has 1 fully saturated rings. The highest BCUT2D eigenvalue weighted by Gasteiger charge is 2.56. The summed E-state index contributed by atoms with van der Waals surface area (Å²) in [7, 11) is 0. The van der Waals surface area contributed by atoms with E-state index in [1.54, 1.807) is 18.2 Å². The summed E-state index contributed by atoms with van der Waals surface area (Å²) < 4.78 is 1.27. The van der Waals surface area contributed by atoms with Gasteiger partial charge in [-0.2, -0.15) is 9.89 Å². The zero-order valence-corrected chi connectivity index (χ0v) is 15.5. The van der Waals surface area contributed by atoms with Gasteiger partial charge in [0.1, 0.15) is 11.6 Å². The summed E-state index contributed by atoms with van der Waals surface area (Å²) in [5, 5.41) is 15.6. The fraction of sp³-hybridized carbons (Fsp3) is 0.500. The first kappa shape index (κ1) is 17.9. The molecule has 1 N–H and O–H groups in total. The van der Waals surface area contributed by atoms with Gasteiger partial charge in [-0.1, -0.05) is 29.8 Å². The van der Waals surface area contributed by atoms with Crippen LogP contribution in [0.2, 0.25) is 5.15 Å². The van der Waals surface area contributed by atoms with E-state index in [-0.39, 0.29) is 27.8 Å². The quantitative estimate of drug-likeness (QED) is 0.828. The molecular formula is C18H23ClN3O3+. The van der Waals surface area contributed by atoms with Crippen LogP contribution in [0.4, 0.5) is 4.79 Å². The average Bonchev–Trinajstić information content (AvgIpc) is 2.97. The maximum atomic E-state index is 12.8. The predicted octanol–water partition coefficient (Wildman–Crippen LogP) is 3.51. The molecule has 1 aliphatic rings. The lowest BCUT2D eigenvalue weighted by Gasteiger charge is -2.44. The number of amides is 1. The molecule has 0 bridgehead atoms. The van der Waals surface area contributed by atoms with Crippen molar-refractivity contribution in [2.75, 3.05) is 6.54 Å². The van der Waals surface area contributed by atoms with Crippen LogP contribution in [0.3, 0.4) is 0 Å². The monoisotopic (exact) mass is 364 g/mol. The van der Waals surface area contributed by atoms with E-state index < -0.39 is 11.6 Å². The normalized spacial score (nSPS) is 23.9. The molecule has 1 aliphatic heterocycles. The van der Waals surface area contributed by atoms with Crippen LogP contribution in [0.1, 0.15) is 33.6 Å². The fourth-order valence-corrected chi connectivity index (χ4v) is 4.41. The molecule has 1 aromatic carbocycles. The third kappa shape index (κ3) is 2.73. The van der Waals surface area contributed by atoms with Crippen LogP contribution in [0, 0.1) is 0 Å². The summed E-state index contributed by atoms with van der Waals surface area (Å²) in [6, 6.07) is 6.85. The minimum absolute atomic E-state index is 0.0639. The second kappa shape index (κ2) is 6.11. The van der Waals surface area contributed by atoms with Crippen molar-refractivity contribution in [1.82, 2.24) is 9.78 Å². The van der Waals surface area contributed by atoms with E-state index in [4.69, 9.17) is 11.6 Å². The molecule has 0 saturated carbocycles. The molecule has 25 heavy (non-hydrogen) atoms. The van der Waals surface area contributed by atoms with Crippen molar-refractivity contribution < 1.29 is 14.4 Å². The Kier molecular flexibility index (Phi) is 4.37. The van der Waals surface area contributed by atoms with Gasteiger partial charge < -0.3 is 5.11 Å². The van der Waals surface area contributed by atoms with Crippen LogP contribution in [0.5, 0.6) is 0 Å². The van der Waals surface area contributed by atoms with E-state index in [0.29, 0.717) is 17.3 Å². The first-order chi connectivity index (χ1) is 11.7. The summed E-state index contributed by atoms with van der Waals surface area (Å²) in [5.74, 6) is 0. The van der Waals surface area contributed by atoms with Gasteiger partial charge in [-0.3, -0.25) is 4.79 Å². The maximum absolute atomic E-state index is 12.8. The highest BCUT2D eigenvalue weighted by Crippen LogP contribution is 2.37. The molecule has 134 valence electrons. The number of quaternary nitrogens is 1. The van der Waals surface area contributed by atoms with Crippen molar-refractivity contribution in [3.63, 3.8) is 0 Å². The number of carbonyl (C=O) groups is 1. The van der Waals surface area contributed by atoms with Gasteiger partial charge in [0.15, 0.2) is 5.15 Å². The summed E-state index contributed by atoms with van der Waals surface area (Å²) in [5.41, 5.74) is -0.707. The van der Waals surface area contributed by atoms with E-state index in [2.05, 4.69) is 5.10 Å². The Bertz CT molecular complexity index is 887. The topological polar surface area (TPSA) is 72.2 Å². The van der Waals surface area contributed by atoms with Crippen LogP contribution in [-0.4, -0.2) is 43.6 Å². The number of aromatic nitrogens is 2. The van der Waals surface area contributed by atoms with E-state index in [1.807, 2.05) is 26.8 Å². The summed E-state index contributed by atoms with van der Waals surface area (Å²) in [4.78, 5) is 25.0. The zero-order valence-electron chi connectivity index (χ0n) is 14.7. The lowest BCUT2D eigenvalue weighted by atomic mass is 9.99. The molecule has 1 unspecified atom stereocenters. The molecule has 0 radical (unpaired) electrons. The molecule has 0 spiro atoms. The van der Waals surface area contributed by atoms with Gasteiger partial charge in [0.2, 0.25) is 0 Å². The molecule has 1 amide bonds. The minimum Gasteiger partial charge on any atom is -0.435 e. The summed E-state index contributed by atoms with van der Waals surface area (Å²) in [6.45, 7) is 6.60. The minimum atomic E-state index is -0.852. The van der Waals surface area contributed by atoms with Crippen molar-refractivity contribution in [3.8, 4) is 0 Å². The highest BCUT2D eigenvalue weighted by molar-refractivity contribution is 6.34. The third-order valence-electron chi connectivity index (χ3n) is 5.42. The number of hydrogen-bond donors (Lipinski definition) is 1. The highest BCUT2D eigenvalue weighted by atomic mass is 35.5. The Morgan fingerprint density at radius 3 is 2.60 bits per heavy atom. The van der Waals surface area contributed by atoms with Crippen LogP contribution in [-0.2, 0) is 6.54 Å². The van der Waals surface area contributed by atoms with E-state index >= 15 is 0 Å². The Morgan fingerprint density at radius 2 is 2.00 bits per heavy atom. The van der Waals surface area contributed by atoms with E-state index in [9.17, 15) is 14.7 Å². The fourth-order valence-electron chi connectivity index (χ4n) is 4.15. The molecule has 1 aromatic heterocycles. The van der Waals surface area contributed by atoms with Gasteiger partial charge in [0.05, 0.1) is 18.5 Å². The molecule has 3 rings (SSSR count). The molecular weight excluding hydrogens is 342 g/mol. The smallest absolute Gasteiger partial charge is 0.435 e. The Morgan fingerprint density at radius 1 is 1.36 bits per heavy atom. The van der Waals surface area contributed by atoms with Crippen LogP contribution >= 0.6 is 11.6 Å². The van der Waals surface area contributed by atoms with Crippen molar-refractivity contribution in [1.29, 1.82) is 0 Å². The molecule has 0 aliphatic carbocycles. The first-order valence-corrected chi connectivity index (χ1v) is 8.83. The van der Waals surface area contributed by atoms with Gasteiger partial charge in [0.25, 0.3) is 5.56 Å². The number of benzene rings is 1. The van der Waals surface area contributed by atoms with Gasteiger partial charge in [0, 0.05) is 18.2 Å². The number of fused-ring (bicyclic) bond motifs is 1. The number of likely N-dealkylation sites (tertiary alicyclic amines) is 1. The number of halogens is 1. The van der Waals surface area contributed by atoms with Crippen molar-refractivity contribution >= 4 is 28.5 Å². The molecule has 7 heteroatoms. The van der Waals surface area contributed by atoms with Crippen LogP contribution in [0.15, 0.2) is 29.1 Å². The lowest BCUT2D eigenvalue weighted by Crippen LogP contribution is -2.66. The summed E-state index contributed by atoms with van der Waals surface area (Å²) >= 11 is 6.25. The van der Waals surface area contributed by atoms with Gasteiger partial charge in [-0.05, 0) is 26.8 Å². The third-order valence-corrected chi connectivity index (χ3v) is 5.70. The molecule has 2 atom stereocenters. The first-order valence-electron chi connectivity index (χ1n) is 8.45. The van der Waals surface area contributed by atoms with Crippen LogP contribution < -0.4 is 5.56 Å². The molecule has 1 saturated heterocycles. The molecule has 2 heterocycles. The predicted molar refractivity (Wildman–Crippen MR) is 96.9 cm³/mol. The number of hydrogen-bond acceptors (Lipinski definition) is 3. The van der Waals surface area contributed by atoms with Crippen molar-refractivity contribution in [2.24, 2.45) is 0 Å². The van der Waals surface area contributed by atoms with Crippen LogP contribution in [0.25, 0.3) is 10.8 Å². The van der Waals surface area contributed by atoms with E-state index in [0.717, 1.165) is 12.8 Å². The maximum Gasteiger partial charge on any atom is 0.514 e. The second-order valence-electron chi connectivity index (χ2n) is 7.67. The largest absolute Gasteiger partial charge is 0.514 e. The number of rotatable bonds is 2. The second-order valence-corrected chi connectivity index (χ2v) is 8.02. The lowest BCUT2D eigenvalue weighted by molar-refractivity contribution is -0.915. The molecule has 2 aromatic rings. The Hall–Kier alpha value is -1.92.